The van der Waals surface area contributed by atoms with Crippen LogP contribution in [0.1, 0.15) is 11.8 Å². The summed E-state index contributed by atoms with van der Waals surface area (Å²) in [5, 5.41) is 1.81. The van der Waals surface area contributed by atoms with Gasteiger partial charge in [0, 0.05) is 28.4 Å². The number of amides is 3. The van der Waals surface area contributed by atoms with E-state index < -0.39 is 17.5 Å². The molecule has 1 saturated heterocycles. The second-order valence-electron chi connectivity index (χ2n) is 3.20. The van der Waals surface area contributed by atoms with Gasteiger partial charge in [-0.1, -0.05) is 6.07 Å². The van der Waals surface area contributed by atoms with E-state index in [2.05, 4.69) is 0 Å². The largest absolute Gasteiger partial charge is 0.357 e. The number of hydrogen-bond acceptors (Lipinski definition) is 3. The van der Waals surface area contributed by atoms with Crippen LogP contribution in [0.4, 0.5) is 4.79 Å². The SMILES string of the molecule is CC1(c2cccs2)C(=O)N(Cl)C(=O)N1Cl. The van der Waals surface area contributed by atoms with Crippen molar-refractivity contribution in [3.8, 4) is 0 Å². The predicted molar refractivity (Wildman–Crippen MR) is 57.5 cm³/mol. The van der Waals surface area contributed by atoms with Gasteiger partial charge >= 0.3 is 6.03 Å². The van der Waals surface area contributed by atoms with Crippen LogP contribution >= 0.6 is 34.9 Å². The molecule has 4 nitrogen and oxygen atoms in total. The lowest BCUT2D eigenvalue weighted by Crippen LogP contribution is -2.38. The van der Waals surface area contributed by atoms with Crippen LogP contribution in [0.2, 0.25) is 0 Å². The zero-order chi connectivity index (χ0) is 11.2. The molecule has 1 aliphatic rings. The molecule has 1 atom stereocenters. The Labute approximate surface area is 100 Å². The first-order valence-electron chi connectivity index (χ1n) is 4.04. The molecule has 1 unspecified atom stereocenters. The Kier molecular flexibility index (Phi) is 2.41. The van der Waals surface area contributed by atoms with Gasteiger partial charge in [0.1, 0.15) is 0 Å². The fourth-order valence-electron chi connectivity index (χ4n) is 1.39. The first-order chi connectivity index (χ1) is 6.99. The van der Waals surface area contributed by atoms with E-state index in [0.717, 1.165) is 4.42 Å². The number of carbonyl (C=O) groups excluding carboxylic acids is 2. The molecule has 0 aromatic carbocycles. The third-order valence-corrected chi connectivity index (χ3v) is 4.19. The molecule has 0 spiro atoms. The van der Waals surface area contributed by atoms with Crippen LogP contribution in [0, 0.1) is 0 Å². The van der Waals surface area contributed by atoms with E-state index in [1.807, 2.05) is 0 Å². The monoisotopic (exact) mass is 264 g/mol. The van der Waals surface area contributed by atoms with E-state index in [1.54, 1.807) is 24.4 Å². The number of hydrogen-bond donors (Lipinski definition) is 0. The quantitative estimate of drug-likeness (QED) is 0.578. The number of halogens is 2. The maximum Gasteiger partial charge on any atom is 0.357 e. The summed E-state index contributed by atoms with van der Waals surface area (Å²) < 4.78 is 1.33. The Hall–Kier alpha value is -0.780. The Morgan fingerprint density at radius 3 is 2.47 bits per heavy atom. The van der Waals surface area contributed by atoms with E-state index in [1.165, 1.54) is 11.3 Å². The summed E-state index contributed by atoms with van der Waals surface area (Å²) in [6.07, 6.45) is 0. The number of nitrogens with zero attached hydrogens (tertiary/aromatic N) is 2. The molecule has 0 aliphatic carbocycles. The number of carbonyl (C=O) groups is 2. The predicted octanol–water partition coefficient (Wildman–Crippen LogP) is 2.54. The minimum Gasteiger partial charge on any atom is -0.270 e. The molecule has 1 fully saturated rings. The van der Waals surface area contributed by atoms with Crippen LogP contribution < -0.4 is 0 Å². The summed E-state index contributed by atoms with van der Waals surface area (Å²) in [6.45, 7) is 1.56. The van der Waals surface area contributed by atoms with Gasteiger partial charge in [0.25, 0.3) is 5.91 Å². The molecule has 80 valence electrons. The zero-order valence-corrected chi connectivity index (χ0v) is 9.94. The molecule has 1 aliphatic heterocycles. The van der Waals surface area contributed by atoms with Crippen molar-refractivity contribution < 1.29 is 9.59 Å². The summed E-state index contributed by atoms with van der Waals surface area (Å²) in [7, 11) is 0. The molecule has 3 amide bonds. The summed E-state index contributed by atoms with van der Waals surface area (Å²) in [5.41, 5.74) is -1.20. The fourth-order valence-corrected chi connectivity index (χ4v) is 2.82. The van der Waals surface area contributed by atoms with E-state index in [9.17, 15) is 9.59 Å². The van der Waals surface area contributed by atoms with Gasteiger partial charge in [0.2, 0.25) is 0 Å². The Morgan fingerprint density at radius 2 is 2.07 bits per heavy atom. The Balaban J connectivity index is 2.53. The lowest BCUT2D eigenvalue weighted by Gasteiger charge is -2.23. The van der Waals surface area contributed by atoms with Crippen molar-refractivity contribution in [2.24, 2.45) is 0 Å². The molecule has 2 rings (SSSR count). The van der Waals surface area contributed by atoms with Crippen molar-refractivity contribution >= 4 is 46.8 Å². The van der Waals surface area contributed by atoms with Crippen molar-refractivity contribution in [3.05, 3.63) is 22.4 Å². The maximum absolute atomic E-state index is 11.8. The third kappa shape index (κ3) is 1.27. The van der Waals surface area contributed by atoms with Crippen molar-refractivity contribution in [2.75, 3.05) is 0 Å². The molecule has 7 heteroatoms. The van der Waals surface area contributed by atoms with Gasteiger partial charge in [-0.2, -0.15) is 4.42 Å². The number of imide groups is 1. The maximum atomic E-state index is 11.8. The van der Waals surface area contributed by atoms with Crippen molar-refractivity contribution in [2.45, 2.75) is 12.5 Å². The second kappa shape index (κ2) is 3.37. The zero-order valence-electron chi connectivity index (χ0n) is 7.61. The van der Waals surface area contributed by atoms with Crippen LogP contribution in [-0.2, 0) is 10.3 Å². The standard InChI is InChI=1S/C8H6Cl2N2O2S/c1-8(5-3-2-4-15-5)6(13)11(9)7(14)12(8)10/h2-4H,1H3. The molecular formula is C8H6Cl2N2O2S. The van der Waals surface area contributed by atoms with E-state index >= 15 is 0 Å². The number of urea groups is 1. The summed E-state index contributed by atoms with van der Waals surface area (Å²) in [5.74, 6) is -0.536. The minimum absolute atomic E-state index is 0.507. The van der Waals surface area contributed by atoms with Crippen LogP contribution in [0.5, 0.6) is 0 Å². The van der Waals surface area contributed by atoms with Crippen molar-refractivity contribution in [3.63, 3.8) is 0 Å². The molecule has 0 N–H and O–H groups in total. The molecule has 15 heavy (non-hydrogen) atoms. The van der Waals surface area contributed by atoms with Crippen LogP contribution in [0.3, 0.4) is 0 Å². The lowest BCUT2D eigenvalue weighted by atomic mass is 10.0. The van der Waals surface area contributed by atoms with E-state index in [0.29, 0.717) is 9.30 Å². The van der Waals surface area contributed by atoms with Crippen molar-refractivity contribution in [1.29, 1.82) is 0 Å². The Bertz CT molecular complexity index is 422. The van der Waals surface area contributed by atoms with Gasteiger partial charge < -0.3 is 0 Å². The van der Waals surface area contributed by atoms with Gasteiger partial charge in [-0.15, -0.1) is 11.3 Å². The highest BCUT2D eigenvalue weighted by atomic mass is 35.5. The molecular weight excluding hydrogens is 259 g/mol. The fraction of sp³-hybridized carbons (Fsp3) is 0.250. The third-order valence-electron chi connectivity index (χ3n) is 2.32. The number of thiophene rings is 1. The topological polar surface area (TPSA) is 40.6 Å². The van der Waals surface area contributed by atoms with Crippen LogP contribution in [0.25, 0.3) is 0 Å². The second-order valence-corrected chi connectivity index (χ2v) is 4.82. The highest BCUT2D eigenvalue weighted by molar-refractivity contribution is 7.10. The first-order valence-corrected chi connectivity index (χ1v) is 5.59. The van der Waals surface area contributed by atoms with Gasteiger partial charge in [-0.3, -0.25) is 4.79 Å². The lowest BCUT2D eigenvalue weighted by molar-refractivity contribution is -0.128. The average Bonchev–Trinajstić information content (AvgIpc) is 2.81. The summed E-state index contributed by atoms with van der Waals surface area (Å²) in [4.78, 5) is 23.9. The van der Waals surface area contributed by atoms with Crippen molar-refractivity contribution in [1.82, 2.24) is 8.84 Å². The molecule has 0 radical (unpaired) electrons. The minimum atomic E-state index is -1.20. The summed E-state index contributed by atoms with van der Waals surface area (Å²) >= 11 is 12.7. The molecule has 0 bridgehead atoms. The molecule has 1 aromatic rings. The van der Waals surface area contributed by atoms with Gasteiger partial charge in [0.15, 0.2) is 5.54 Å². The Morgan fingerprint density at radius 1 is 1.40 bits per heavy atom. The van der Waals surface area contributed by atoms with Crippen LogP contribution in [0.15, 0.2) is 17.5 Å². The van der Waals surface area contributed by atoms with Gasteiger partial charge in [0.05, 0.1) is 0 Å². The average molecular weight is 265 g/mol. The van der Waals surface area contributed by atoms with E-state index in [-0.39, 0.29) is 0 Å². The number of rotatable bonds is 1. The molecule has 2 heterocycles. The van der Waals surface area contributed by atoms with Gasteiger partial charge in [-0.25, -0.2) is 9.21 Å². The highest BCUT2D eigenvalue weighted by Gasteiger charge is 2.56. The van der Waals surface area contributed by atoms with E-state index in [4.69, 9.17) is 23.6 Å². The highest BCUT2D eigenvalue weighted by Crippen LogP contribution is 2.41. The smallest absolute Gasteiger partial charge is 0.270 e. The van der Waals surface area contributed by atoms with Gasteiger partial charge in [-0.05, 0) is 18.4 Å². The normalized spacial score (nSPS) is 26.6. The summed E-state index contributed by atoms with van der Waals surface area (Å²) in [6, 6.07) is 2.80. The molecule has 1 aromatic heterocycles. The van der Waals surface area contributed by atoms with Crippen LogP contribution in [-0.4, -0.2) is 20.8 Å². The first kappa shape index (κ1) is 10.7. The molecule has 0 saturated carbocycles.